The molecular formula is C13H16N2O2S. The minimum Gasteiger partial charge on any atom is -0.329 e. The van der Waals surface area contributed by atoms with Crippen LogP contribution in [0.2, 0.25) is 0 Å². The summed E-state index contributed by atoms with van der Waals surface area (Å²) in [7, 11) is -3.43. The summed E-state index contributed by atoms with van der Waals surface area (Å²) >= 11 is 0. The lowest BCUT2D eigenvalue weighted by molar-refractivity contribution is 0.589. The van der Waals surface area contributed by atoms with Crippen molar-refractivity contribution < 1.29 is 8.42 Å². The van der Waals surface area contributed by atoms with Gasteiger partial charge in [-0.25, -0.2) is 8.42 Å². The van der Waals surface area contributed by atoms with Crippen LogP contribution in [-0.2, 0) is 10.0 Å². The minimum absolute atomic E-state index is 0.0973. The highest BCUT2D eigenvalue weighted by molar-refractivity contribution is 7.93. The molecular weight excluding hydrogens is 248 g/mol. The maximum Gasteiger partial charge on any atom is 0.236 e. The van der Waals surface area contributed by atoms with Crippen molar-refractivity contribution in [2.24, 2.45) is 5.73 Å². The Hall–Kier alpha value is -1.59. The van der Waals surface area contributed by atoms with E-state index < -0.39 is 15.3 Å². The molecule has 0 heterocycles. The molecule has 0 aliphatic carbocycles. The van der Waals surface area contributed by atoms with E-state index in [1.165, 1.54) is 0 Å². The Bertz CT molecular complexity index is 648. The zero-order valence-corrected chi connectivity index (χ0v) is 10.9. The molecule has 1 atom stereocenters. The smallest absolute Gasteiger partial charge is 0.236 e. The van der Waals surface area contributed by atoms with Gasteiger partial charge in [-0.2, -0.15) is 0 Å². The van der Waals surface area contributed by atoms with E-state index in [9.17, 15) is 8.42 Å². The first-order valence-corrected chi connectivity index (χ1v) is 7.28. The van der Waals surface area contributed by atoms with Crippen molar-refractivity contribution in [1.82, 2.24) is 0 Å². The second-order valence-corrected chi connectivity index (χ2v) is 6.32. The molecule has 2 aromatic rings. The molecule has 0 bridgehead atoms. The van der Waals surface area contributed by atoms with E-state index in [-0.39, 0.29) is 6.54 Å². The average Bonchev–Trinajstić information content (AvgIpc) is 2.38. The Morgan fingerprint density at radius 1 is 1.17 bits per heavy atom. The lowest BCUT2D eigenvalue weighted by atomic mass is 10.1. The second-order valence-electron chi connectivity index (χ2n) is 4.22. The number of nitrogens with one attached hydrogen (secondary N) is 1. The van der Waals surface area contributed by atoms with Gasteiger partial charge in [-0.05, 0) is 18.4 Å². The molecule has 5 heteroatoms. The van der Waals surface area contributed by atoms with Crippen LogP contribution in [0, 0.1) is 0 Å². The van der Waals surface area contributed by atoms with E-state index in [0.717, 1.165) is 10.8 Å². The summed E-state index contributed by atoms with van der Waals surface area (Å²) in [4.78, 5) is 0. The number of rotatable bonds is 4. The first-order valence-electron chi connectivity index (χ1n) is 5.74. The number of fused-ring (bicyclic) bond motifs is 1. The van der Waals surface area contributed by atoms with Gasteiger partial charge >= 0.3 is 0 Å². The van der Waals surface area contributed by atoms with E-state index >= 15 is 0 Å². The largest absolute Gasteiger partial charge is 0.329 e. The molecule has 0 radical (unpaired) electrons. The third-order valence-electron chi connectivity index (χ3n) is 2.90. The first kappa shape index (κ1) is 12.9. The topological polar surface area (TPSA) is 72.2 Å². The molecule has 3 N–H and O–H groups in total. The minimum atomic E-state index is -3.43. The average molecular weight is 264 g/mol. The summed E-state index contributed by atoms with van der Waals surface area (Å²) in [5.41, 5.74) is 6.00. The number of benzene rings is 2. The number of anilines is 1. The van der Waals surface area contributed by atoms with Gasteiger partial charge in [0.05, 0.1) is 10.9 Å². The van der Waals surface area contributed by atoms with Crippen LogP contribution in [0.15, 0.2) is 42.5 Å². The predicted octanol–water partition coefficient (Wildman–Crippen LogP) is 1.93. The number of nitrogens with two attached hydrogens (primary N) is 1. The van der Waals surface area contributed by atoms with Gasteiger partial charge < -0.3 is 5.73 Å². The maximum absolute atomic E-state index is 12.0. The fourth-order valence-electron chi connectivity index (χ4n) is 1.69. The van der Waals surface area contributed by atoms with Crippen LogP contribution < -0.4 is 10.5 Å². The number of hydrogen-bond acceptors (Lipinski definition) is 3. The fourth-order valence-corrected chi connectivity index (χ4v) is 2.63. The summed E-state index contributed by atoms with van der Waals surface area (Å²) in [6.07, 6.45) is 0. The van der Waals surface area contributed by atoms with Gasteiger partial charge in [0.2, 0.25) is 10.0 Å². The zero-order valence-electron chi connectivity index (χ0n) is 10.1. The van der Waals surface area contributed by atoms with E-state index in [0.29, 0.717) is 5.69 Å². The Morgan fingerprint density at radius 3 is 2.56 bits per heavy atom. The van der Waals surface area contributed by atoms with Crippen molar-refractivity contribution in [2.45, 2.75) is 12.2 Å². The highest BCUT2D eigenvalue weighted by Gasteiger charge is 2.19. The Kier molecular flexibility index (Phi) is 3.54. The van der Waals surface area contributed by atoms with Gasteiger partial charge in [0, 0.05) is 11.9 Å². The SMILES string of the molecule is CC(CN)S(=O)(=O)Nc1cccc2ccccc12. The maximum atomic E-state index is 12.0. The van der Waals surface area contributed by atoms with Crippen molar-refractivity contribution in [1.29, 1.82) is 0 Å². The molecule has 2 aromatic carbocycles. The molecule has 0 spiro atoms. The lowest BCUT2D eigenvalue weighted by Gasteiger charge is -2.14. The molecule has 0 aliphatic rings. The van der Waals surface area contributed by atoms with Gasteiger partial charge in [-0.3, -0.25) is 4.72 Å². The molecule has 0 fully saturated rings. The van der Waals surface area contributed by atoms with Crippen molar-refractivity contribution in [3.8, 4) is 0 Å². The van der Waals surface area contributed by atoms with E-state index in [2.05, 4.69) is 4.72 Å². The number of sulfonamides is 1. The Balaban J connectivity index is 2.44. The van der Waals surface area contributed by atoms with Gasteiger partial charge in [0.25, 0.3) is 0 Å². The molecule has 0 aliphatic heterocycles. The highest BCUT2D eigenvalue weighted by Crippen LogP contribution is 2.24. The monoisotopic (exact) mass is 264 g/mol. The molecule has 18 heavy (non-hydrogen) atoms. The van der Waals surface area contributed by atoms with Crippen LogP contribution in [0.4, 0.5) is 5.69 Å². The van der Waals surface area contributed by atoms with Gasteiger partial charge in [-0.15, -0.1) is 0 Å². The quantitative estimate of drug-likeness (QED) is 0.886. The third-order valence-corrected chi connectivity index (χ3v) is 4.66. The predicted molar refractivity (Wildman–Crippen MR) is 75.0 cm³/mol. The molecule has 1 unspecified atom stereocenters. The zero-order chi connectivity index (χ0) is 13.2. The van der Waals surface area contributed by atoms with E-state index in [1.807, 2.05) is 36.4 Å². The summed E-state index contributed by atoms with van der Waals surface area (Å²) in [5.74, 6) is 0. The van der Waals surface area contributed by atoms with Gasteiger partial charge in [0.1, 0.15) is 0 Å². The van der Waals surface area contributed by atoms with Crippen LogP contribution in [0.25, 0.3) is 10.8 Å². The highest BCUT2D eigenvalue weighted by atomic mass is 32.2. The number of hydrogen-bond donors (Lipinski definition) is 2. The first-order chi connectivity index (χ1) is 8.54. The van der Waals surface area contributed by atoms with Crippen LogP contribution >= 0.6 is 0 Å². The summed E-state index contributed by atoms with van der Waals surface area (Å²) in [5, 5.41) is 1.27. The normalized spacial score (nSPS) is 13.4. The van der Waals surface area contributed by atoms with Crippen LogP contribution in [0.1, 0.15) is 6.92 Å². The Labute approximate surface area is 107 Å². The molecule has 96 valence electrons. The van der Waals surface area contributed by atoms with Crippen molar-refractivity contribution in [2.75, 3.05) is 11.3 Å². The molecule has 2 rings (SSSR count). The molecule has 0 aromatic heterocycles. The van der Waals surface area contributed by atoms with Gasteiger partial charge in [0.15, 0.2) is 0 Å². The van der Waals surface area contributed by atoms with Crippen molar-refractivity contribution in [3.05, 3.63) is 42.5 Å². The second kappa shape index (κ2) is 4.96. The summed E-state index contributed by atoms with van der Waals surface area (Å²) in [6, 6.07) is 13.2. The Morgan fingerprint density at radius 2 is 1.83 bits per heavy atom. The third kappa shape index (κ3) is 2.47. The van der Waals surface area contributed by atoms with Crippen molar-refractivity contribution in [3.63, 3.8) is 0 Å². The van der Waals surface area contributed by atoms with Crippen LogP contribution in [0.5, 0.6) is 0 Å². The van der Waals surface area contributed by atoms with E-state index in [4.69, 9.17) is 5.73 Å². The standard InChI is InChI=1S/C13H16N2O2S/c1-10(9-14)18(16,17)15-13-8-4-6-11-5-2-3-7-12(11)13/h2-8,10,15H,9,14H2,1H3. The van der Waals surface area contributed by atoms with Gasteiger partial charge in [-0.1, -0.05) is 36.4 Å². The molecule has 4 nitrogen and oxygen atoms in total. The summed E-state index contributed by atoms with van der Waals surface area (Å²) in [6.45, 7) is 1.69. The summed E-state index contributed by atoms with van der Waals surface area (Å²) < 4.78 is 26.6. The fraction of sp³-hybridized carbons (Fsp3) is 0.231. The van der Waals surface area contributed by atoms with E-state index in [1.54, 1.807) is 13.0 Å². The van der Waals surface area contributed by atoms with Crippen molar-refractivity contribution >= 4 is 26.5 Å². The lowest BCUT2D eigenvalue weighted by Crippen LogP contribution is -2.31. The van der Waals surface area contributed by atoms with Crippen LogP contribution in [0.3, 0.4) is 0 Å². The molecule has 0 saturated carbocycles. The molecule has 0 saturated heterocycles. The molecule has 0 amide bonds. The van der Waals surface area contributed by atoms with Crippen LogP contribution in [-0.4, -0.2) is 20.2 Å².